The predicted octanol–water partition coefficient (Wildman–Crippen LogP) is 4.65. The van der Waals surface area contributed by atoms with Crippen molar-refractivity contribution in [2.45, 2.75) is 37.8 Å². The first kappa shape index (κ1) is 20.0. The maximum atomic E-state index is 13.1. The van der Waals surface area contributed by atoms with Gasteiger partial charge in [-0.2, -0.15) is 11.8 Å². The number of likely N-dealkylation sites (tertiary alicyclic amines) is 1. The largest absolute Gasteiger partial charge is 0.337 e. The van der Waals surface area contributed by atoms with Crippen molar-refractivity contribution in [2.75, 3.05) is 31.6 Å². The molecule has 150 valence electrons. The van der Waals surface area contributed by atoms with E-state index in [2.05, 4.69) is 47.0 Å². The van der Waals surface area contributed by atoms with Crippen LogP contribution in [0.25, 0.3) is 0 Å². The second kappa shape index (κ2) is 9.47. The number of amides is 1. The second-order valence-corrected chi connectivity index (χ2v) is 10.1. The fraction of sp³-hybridized carbons (Fsp3) is 0.522. The number of rotatable bonds is 6. The van der Waals surface area contributed by atoms with Crippen LogP contribution in [0.5, 0.6) is 0 Å². The highest BCUT2D eigenvalue weighted by atomic mass is 32.2. The third-order valence-corrected chi connectivity index (χ3v) is 8.38. The Kier molecular flexibility index (Phi) is 6.76. The fourth-order valence-electron chi connectivity index (χ4n) is 4.68. The summed E-state index contributed by atoms with van der Waals surface area (Å²) in [5.74, 6) is 3.36. The maximum absolute atomic E-state index is 13.1. The van der Waals surface area contributed by atoms with E-state index in [0.29, 0.717) is 5.92 Å². The van der Waals surface area contributed by atoms with Crippen molar-refractivity contribution in [1.82, 2.24) is 9.80 Å². The van der Waals surface area contributed by atoms with E-state index in [1.807, 2.05) is 29.5 Å². The van der Waals surface area contributed by atoms with Crippen LogP contribution in [0.2, 0.25) is 0 Å². The molecule has 0 N–H and O–H groups in total. The molecule has 4 rings (SSSR count). The molecule has 1 aromatic heterocycles. The molecule has 3 heterocycles. The number of thioether (sulfide) groups is 1. The van der Waals surface area contributed by atoms with Crippen LogP contribution in [0, 0.1) is 5.92 Å². The molecule has 0 unspecified atom stereocenters. The zero-order valence-electron chi connectivity index (χ0n) is 16.6. The number of carbonyl (C=O) groups is 1. The van der Waals surface area contributed by atoms with Crippen LogP contribution in [0.15, 0.2) is 47.8 Å². The minimum absolute atomic E-state index is 0.172. The van der Waals surface area contributed by atoms with Gasteiger partial charge in [0.15, 0.2) is 0 Å². The summed E-state index contributed by atoms with van der Waals surface area (Å²) >= 11 is 3.64. The minimum Gasteiger partial charge on any atom is -0.337 e. The highest BCUT2D eigenvalue weighted by Crippen LogP contribution is 2.31. The van der Waals surface area contributed by atoms with E-state index in [1.165, 1.54) is 49.4 Å². The van der Waals surface area contributed by atoms with E-state index in [-0.39, 0.29) is 11.9 Å². The van der Waals surface area contributed by atoms with E-state index in [0.717, 1.165) is 17.3 Å². The highest BCUT2D eigenvalue weighted by Gasteiger charge is 2.34. The van der Waals surface area contributed by atoms with Gasteiger partial charge in [0.25, 0.3) is 5.91 Å². The lowest BCUT2D eigenvalue weighted by atomic mass is 9.84. The maximum Gasteiger partial charge on any atom is 0.263 e. The van der Waals surface area contributed by atoms with Crippen molar-refractivity contribution in [3.05, 3.63) is 58.3 Å². The lowest BCUT2D eigenvalue weighted by Gasteiger charge is -2.41. The average Bonchev–Trinajstić information content (AvgIpc) is 3.46. The molecule has 0 aliphatic carbocycles. The number of hydrogen-bond acceptors (Lipinski definition) is 4. The summed E-state index contributed by atoms with van der Waals surface area (Å²) in [7, 11) is 2.01. The van der Waals surface area contributed by atoms with Gasteiger partial charge in [0.2, 0.25) is 0 Å². The Balaban J connectivity index is 1.47. The van der Waals surface area contributed by atoms with Crippen LogP contribution in [0.1, 0.15) is 34.5 Å². The molecule has 2 fully saturated rings. The van der Waals surface area contributed by atoms with Crippen molar-refractivity contribution in [2.24, 2.45) is 5.92 Å². The van der Waals surface area contributed by atoms with Gasteiger partial charge in [-0.15, -0.1) is 11.3 Å². The molecule has 0 saturated carbocycles. The molecule has 2 aliphatic heterocycles. The SMILES string of the molecule is CN(C(=O)c1cccs1)[C@H](Cc1ccccc1)C1CCN([C@@H]2CCSC2)CC1. The van der Waals surface area contributed by atoms with Crippen LogP contribution in [-0.2, 0) is 6.42 Å². The Bertz CT molecular complexity index is 735. The Labute approximate surface area is 177 Å². The van der Waals surface area contributed by atoms with Crippen LogP contribution >= 0.6 is 23.1 Å². The summed E-state index contributed by atoms with van der Waals surface area (Å²) in [5.41, 5.74) is 1.33. The third kappa shape index (κ3) is 4.64. The summed E-state index contributed by atoms with van der Waals surface area (Å²) in [6, 6.07) is 15.6. The average molecular weight is 415 g/mol. The number of carbonyl (C=O) groups excluding carboxylic acids is 1. The van der Waals surface area contributed by atoms with E-state index in [4.69, 9.17) is 0 Å². The van der Waals surface area contributed by atoms with Crippen molar-refractivity contribution in [1.29, 1.82) is 0 Å². The molecule has 0 spiro atoms. The van der Waals surface area contributed by atoms with Gasteiger partial charge in [-0.05, 0) is 67.5 Å². The molecule has 5 heteroatoms. The molecular weight excluding hydrogens is 384 g/mol. The Morgan fingerprint density at radius 3 is 2.57 bits per heavy atom. The molecule has 2 saturated heterocycles. The van der Waals surface area contributed by atoms with Gasteiger partial charge in [-0.1, -0.05) is 36.4 Å². The van der Waals surface area contributed by atoms with Gasteiger partial charge in [0, 0.05) is 24.9 Å². The van der Waals surface area contributed by atoms with Gasteiger partial charge >= 0.3 is 0 Å². The molecular formula is C23H30N2OS2. The number of nitrogens with zero attached hydrogens (tertiary/aromatic N) is 2. The van der Waals surface area contributed by atoms with Crippen LogP contribution in [-0.4, -0.2) is 59.4 Å². The van der Waals surface area contributed by atoms with E-state index < -0.39 is 0 Å². The van der Waals surface area contributed by atoms with Gasteiger partial charge < -0.3 is 4.90 Å². The molecule has 1 aromatic carbocycles. The van der Waals surface area contributed by atoms with Gasteiger partial charge in [-0.3, -0.25) is 9.69 Å². The number of likely N-dealkylation sites (N-methyl/N-ethyl adjacent to an activating group) is 1. The Morgan fingerprint density at radius 2 is 1.93 bits per heavy atom. The zero-order chi connectivity index (χ0) is 19.3. The lowest BCUT2D eigenvalue weighted by molar-refractivity contribution is 0.0561. The topological polar surface area (TPSA) is 23.6 Å². The summed E-state index contributed by atoms with van der Waals surface area (Å²) in [6.07, 6.45) is 4.68. The first-order valence-corrected chi connectivity index (χ1v) is 12.4. The molecule has 3 nitrogen and oxygen atoms in total. The molecule has 2 aromatic rings. The van der Waals surface area contributed by atoms with Gasteiger partial charge in [-0.25, -0.2) is 0 Å². The van der Waals surface area contributed by atoms with Crippen molar-refractivity contribution in [3.8, 4) is 0 Å². The second-order valence-electron chi connectivity index (χ2n) is 8.04. The van der Waals surface area contributed by atoms with Gasteiger partial charge in [0.1, 0.15) is 0 Å². The highest BCUT2D eigenvalue weighted by molar-refractivity contribution is 7.99. The summed E-state index contributed by atoms with van der Waals surface area (Å²) in [5, 5.41) is 1.99. The number of thiophene rings is 1. The quantitative estimate of drug-likeness (QED) is 0.687. The third-order valence-electron chi connectivity index (χ3n) is 6.38. The molecule has 0 radical (unpaired) electrons. The first-order chi connectivity index (χ1) is 13.7. The van der Waals surface area contributed by atoms with Gasteiger partial charge in [0.05, 0.1) is 4.88 Å². The van der Waals surface area contributed by atoms with Crippen LogP contribution in [0.4, 0.5) is 0 Å². The normalized spacial score (nSPS) is 22.2. The molecule has 2 atom stereocenters. The molecule has 28 heavy (non-hydrogen) atoms. The van der Waals surface area contributed by atoms with E-state index in [1.54, 1.807) is 11.3 Å². The number of piperidine rings is 1. The molecule has 1 amide bonds. The monoisotopic (exact) mass is 414 g/mol. The van der Waals surface area contributed by atoms with E-state index in [9.17, 15) is 4.79 Å². The standard InChI is InChI=1S/C23H30N2OS2/c1-24(23(26)22-8-5-14-28-22)21(16-18-6-3-2-4-7-18)19-9-12-25(13-10-19)20-11-15-27-17-20/h2-8,14,19-21H,9-13,15-17H2,1H3/t20-,21-/m1/s1. The lowest BCUT2D eigenvalue weighted by Crippen LogP contribution is -2.49. The summed E-state index contributed by atoms with van der Waals surface area (Å²) in [6.45, 7) is 2.37. The molecule has 0 bridgehead atoms. The van der Waals surface area contributed by atoms with E-state index >= 15 is 0 Å². The molecule has 2 aliphatic rings. The van der Waals surface area contributed by atoms with Crippen molar-refractivity contribution >= 4 is 29.0 Å². The Hall–Kier alpha value is -1.30. The van der Waals surface area contributed by atoms with Crippen molar-refractivity contribution in [3.63, 3.8) is 0 Å². The predicted molar refractivity (Wildman–Crippen MR) is 120 cm³/mol. The number of hydrogen-bond donors (Lipinski definition) is 0. The fourth-order valence-corrected chi connectivity index (χ4v) is 6.64. The summed E-state index contributed by atoms with van der Waals surface area (Å²) < 4.78 is 0. The summed E-state index contributed by atoms with van der Waals surface area (Å²) in [4.78, 5) is 18.7. The smallest absolute Gasteiger partial charge is 0.263 e. The zero-order valence-corrected chi connectivity index (χ0v) is 18.3. The minimum atomic E-state index is 0.172. The Morgan fingerprint density at radius 1 is 1.14 bits per heavy atom. The number of benzene rings is 1. The van der Waals surface area contributed by atoms with Crippen LogP contribution < -0.4 is 0 Å². The first-order valence-electron chi connectivity index (χ1n) is 10.4. The van der Waals surface area contributed by atoms with Crippen LogP contribution in [0.3, 0.4) is 0 Å². The van der Waals surface area contributed by atoms with Crippen molar-refractivity contribution < 1.29 is 4.79 Å².